The number of piperazine rings is 1. The van der Waals surface area contributed by atoms with Gasteiger partial charge in [-0.05, 0) is 41.8 Å². The molecule has 2 atom stereocenters. The third-order valence-corrected chi connectivity index (χ3v) is 7.19. The van der Waals surface area contributed by atoms with Gasteiger partial charge in [-0.2, -0.15) is 0 Å². The minimum atomic E-state index is -1.34. The van der Waals surface area contributed by atoms with E-state index >= 15 is 0 Å². The molecule has 2 bridgehead atoms. The summed E-state index contributed by atoms with van der Waals surface area (Å²) in [6, 6.07) is 7.64. The zero-order valence-electron chi connectivity index (χ0n) is 20.4. The normalized spacial score (nSPS) is 18.6. The Morgan fingerprint density at radius 2 is 1.73 bits per heavy atom. The van der Waals surface area contributed by atoms with Crippen LogP contribution in [-0.2, 0) is 11.4 Å². The van der Waals surface area contributed by atoms with Gasteiger partial charge in [0.2, 0.25) is 0 Å². The molecule has 5 rings (SSSR count). The Morgan fingerprint density at radius 3 is 2.38 bits per heavy atom. The second kappa shape index (κ2) is 10.5. The molecule has 1 fully saturated rings. The first-order chi connectivity index (χ1) is 19.0. The zero-order valence-corrected chi connectivity index (χ0v) is 21.1. The second-order valence-corrected chi connectivity index (χ2v) is 9.54. The molecule has 0 radical (unpaired) electrons. The maximum Gasteiger partial charge on any atom is 0.408 e. The van der Waals surface area contributed by atoms with Crippen LogP contribution in [-0.4, -0.2) is 73.6 Å². The number of carbonyl (C=O) groups is 3. The molecule has 2 aliphatic heterocycles. The number of rotatable bonds is 6. The van der Waals surface area contributed by atoms with Crippen molar-refractivity contribution in [1.29, 1.82) is 0 Å². The largest absolute Gasteiger partial charge is 0.486 e. The van der Waals surface area contributed by atoms with Crippen molar-refractivity contribution in [1.82, 2.24) is 15.0 Å². The fraction of sp³-hybridized carbons (Fsp3) is 0.231. The number of carboxylic acids is 1. The van der Waals surface area contributed by atoms with Crippen LogP contribution in [0.3, 0.4) is 0 Å². The summed E-state index contributed by atoms with van der Waals surface area (Å²) in [5.74, 6) is -2.35. The number of benzene rings is 2. The van der Waals surface area contributed by atoms with Gasteiger partial charge in [-0.25, -0.2) is 23.2 Å². The summed E-state index contributed by atoms with van der Waals surface area (Å²) in [5, 5.41) is 32.4. The van der Waals surface area contributed by atoms with E-state index in [-0.39, 0.29) is 48.7 Å². The highest BCUT2D eigenvalue weighted by molar-refractivity contribution is 6.33. The fourth-order valence-corrected chi connectivity index (χ4v) is 5.32. The first-order valence-corrected chi connectivity index (χ1v) is 12.2. The quantitative estimate of drug-likeness (QED) is 0.351. The van der Waals surface area contributed by atoms with E-state index in [4.69, 9.17) is 20.9 Å². The molecule has 11 nitrogen and oxygen atoms in total. The number of hydrogen-bond donors (Lipinski definition) is 3. The van der Waals surface area contributed by atoms with Crippen molar-refractivity contribution in [3.8, 4) is 17.0 Å². The van der Waals surface area contributed by atoms with Gasteiger partial charge in [0, 0.05) is 19.2 Å². The summed E-state index contributed by atoms with van der Waals surface area (Å²) in [6.45, 7) is -0.499. The SMILES string of the molecule is O=C(O)C1=C(c2ccc(OCc3cc(-c4c(F)ccc(F)c4Cl)no3)cc2)C[C@@H]2CN(C(=O)O)C[C@H]1N2C(=O)O. The minimum Gasteiger partial charge on any atom is -0.486 e. The Kier molecular flexibility index (Phi) is 7.06. The highest BCUT2D eigenvalue weighted by Crippen LogP contribution is 2.39. The number of nitrogens with zero attached hydrogens (tertiary/aromatic N) is 3. The molecule has 2 aromatic carbocycles. The molecule has 0 unspecified atom stereocenters. The lowest BCUT2D eigenvalue weighted by Crippen LogP contribution is -2.64. The van der Waals surface area contributed by atoms with Crippen LogP contribution >= 0.6 is 11.6 Å². The molecule has 0 spiro atoms. The number of ether oxygens (including phenoxy) is 1. The van der Waals surface area contributed by atoms with E-state index in [1.807, 2.05) is 0 Å². The van der Waals surface area contributed by atoms with E-state index in [0.29, 0.717) is 16.9 Å². The van der Waals surface area contributed by atoms with Crippen molar-refractivity contribution in [3.05, 3.63) is 76.0 Å². The number of amides is 2. The van der Waals surface area contributed by atoms with Gasteiger partial charge in [-0.1, -0.05) is 28.9 Å². The number of hydrogen-bond acceptors (Lipinski definition) is 6. The van der Waals surface area contributed by atoms with Crippen molar-refractivity contribution in [3.63, 3.8) is 0 Å². The van der Waals surface area contributed by atoms with Crippen LogP contribution in [0.4, 0.5) is 18.4 Å². The van der Waals surface area contributed by atoms with Crippen LogP contribution in [0.1, 0.15) is 17.7 Å². The Morgan fingerprint density at radius 1 is 1.02 bits per heavy atom. The van der Waals surface area contributed by atoms with Crippen LogP contribution in [0.2, 0.25) is 5.02 Å². The number of carboxylic acid groups (broad SMARTS) is 3. The van der Waals surface area contributed by atoms with Gasteiger partial charge in [0.05, 0.1) is 28.2 Å². The van der Waals surface area contributed by atoms with Gasteiger partial charge < -0.3 is 29.5 Å². The van der Waals surface area contributed by atoms with Crippen LogP contribution in [0.15, 0.2) is 52.6 Å². The van der Waals surface area contributed by atoms with Crippen LogP contribution in [0, 0.1) is 11.6 Å². The number of halogens is 3. The summed E-state index contributed by atoms with van der Waals surface area (Å²) in [7, 11) is 0. The summed E-state index contributed by atoms with van der Waals surface area (Å²) < 4.78 is 38.8. The monoisotopic (exact) mass is 575 g/mol. The van der Waals surface area contributed by atoms with Crippen molar-refractivity contribution >= 4 is 35.3 Å². The van der Waals surface area contributed by atoms with Gasteiger partial charge in [0.15, 0.2) is 5.76 Å². The Labute approximate surface area is 229 Å². The topological polar surface area (TPSA) is 154 Å². The Hall–Kier alpha value is -4.65. The molecule has 2 amide bonds. The van der Waals surface area contributed by atoms with Crippen molar-refractivity contribution in [2.75, 3.05) is 13.1 Å². The molecule has 3 N–H and O–H groups in total. The molecule has 1 saturated heterocycles. The van der Waals surface area contributed by atoms with E-state index in [2.05, 4.69) is 5.16 Å². The van der Waals surface area contributed by atoms with Crippen molar-refractivity contribution in [2.45, 2.75) is 25.1 Å². The molecule has 0 aliphatic carbocycles. The molecule has 14 heteroatoms. The average Bonchev–Trinajstić information content (AvgIpc) is 3.37. The predicted octanol–water partition coefficient (Wildman–Crippen LogP) is 4.80. The van der Waals surface area contributed by atoms with E-state index < -0.39 is 46.9 Å². The molecular weight excluding hydrogens is 556 g/mol. The lowest BCUT2D eigenvalue weighted by molar-refractivity contribution is -0.133. The highest BCUT2D eigenvalue weighted by Gasteiger charge is 2.47. The third-order valence-electron chi connectivity index (χ3n) is 6.82. The van der Waals surface area contributed by atoms with E-state index in [9.17, 15) is 38.5 Å². The molecule has 3 heterocycles. The third kappa shape index (κ3) is 4.91. The Bertz CT molecular complexity index is 1540. The first-order valence-electron chi connectivity index (χ1n) is 11.8. The van der Waals surface area contributed by atoms with Gasteiger partial charge in [-0.15, -0.1) is 0 Å². The van der Waals surface area contributed by atoms with E-state index in [0.717, 1.165) is 21.9 Å². The molecule has 208 valence electrons. The smallest absolute Gasteiger partial charge is 0.408 e. The average molecular weight is 576 g/mol. The van der Waals surface area contributed by atoms with Crippen LogP contribution < -0.4 is 4.74 Å². The number of fused-ring (bicyclic) bond motifs is 2. The highest BCUT2D eigenvalue weighted by atomic mass is 35.5. The molecule has 1 aromatic heterocycles. The maximum absolute atomic E-state index is 14.2. The standard InChI is InChI=1S/C26H20ClF2N3O8/c27-23-18(29)6-5-17(28)22(23)19-8-15(40-30-19)11-39-14-3-1-12(2-4-14)16-7-13-9-31(25(35)36)10-20(21(16)24(33)34)32(13)26(37)38/h1-6,8,13,20H,7,9-11H2,(H,33,34)(H,35,36)(H,37,38)/t13-,20-/m1/s1. The lowest BCUT2D eigenvalue weighted by atomic mass is 9.82. The second-order valence-electron chi connectivity index (χ2n) is 9.16. The van der Waals surface area contributed by atoms with E-state index in [1.54, 1.807) is 24.3 Å². The summed E-state index contributed by atoms with van der Waals surface area (Å²) in [4.78, 5) is 37.7. The number of aromatic nitrogens is 1. The molecular formula is C26H20ClF2N3O8. The Balaban J connectivity index is 1.35. The van der Waals surface area contributed by atoms with Gasteiger partial charge in [0.1, 0.15) is 29.7 Å². The van der Waals surface area contributed by atoms with Gasteiger partial charge in [-0.3, -0.25) is 4.90 Å². The summed E-state index contributed by atoms with van der Waals surface area (Å²) >= 11 is 5.87. The number of aliphatic carboxylic acids is 1. The van der Waals surface area contributed by atoms with Gasteiger partial charge >= 0.3 is 18.2 Å². The summed E-state index contributed by atoms with van der Waals surface area (Å²) in [6.07, 6.45) is -2.56. The first kappa shape index (κ1) is 26.9. The minimum absolute atomic E-state index is 0.00839. The molecule has 2 aliphatic rings. The molecule has 3 aromatic rings. The van der Waals surface area contributed by atoms with Crippen LogP contribution in [0.25, 0.3) is 16.8 Å². The van der Waals surface area contributed by atoms with E-state index in [1.165, 1.54) is 6.07 Å². The molecule has 0 saturated carbocycles. The summed E-state index contributed by atoms with van der Waals surface area (Å²) in [5.41, 5.74) is 0.491. The van der Waals surface area contributed by atoms with Crippen LogP contribution in [0.5, 0.6) is 5.75 Å². The predicted molar refractivity (Wildman–Crippen MR) is 134 cm³/mol. The van der Waals surface area contributed by atoms with Gasteiger partial charge in [0.25, 0.3) is 0 Å². The van der Waals surface area contributed by atoms with Crippen molar-refractivity contribution < 1.29 is 47.7 Å². The lowest BCUT2D eigenvalue weighted by Gasteiger charge is -2.48. The maximum atomic E-state index is 14.2. The molecule has 40 heavy (non-hydrogen) atoms. The fourth-order valence-electron chi connectivity index (χ4n) is 5.07. The zero-order chi connectivity index (χ0) is 28.7. The van der Waals surface area contributed by atoms with Crippen molar-refractivity contribution in [2.24, 2.45) is 0 Å².